The van der Waals surface area contributed by atoms with Crippen LogP contribution in [0.1, 0.15) is 5.56 Å². The van der Waals surface area contributed by atoms with Gasteiger partial charge < -0.3 is 9.67 Å². The summed E-state index contributed by atoms with van der Waals surface area (Å²) in [5.41, 5.74) is 2.64. The van der Waals surface area contributed by atoms with Crippen molar-refractivity contribution in [2.75, 3.05) is 0 Å². The molecule has 0 bridgehead atoms. The Kier molecular flexibility index (Phi) is 3.08. The Bertz CT molecular complexity index is 1050. The average molecular weight is 301 g/mol. The van der Waals surface area contributed by atoms with Crippen molar-refractivity contribution < 1.29 is 5.11 Å². The highest BCUT2D eigenvalue weighted by Gasteiger charge is 2.07. The van der Waals surface area contributed by atoms with E-state index in [1.54, 1.807) is 12.3 Å². The fourth-order valence-corrected chi connectivity index (χ4v) is 2.79. The molecular formula is C19H15N3O. The van der Waals surface area contributed by atoms with Gasteiger partial charge in [-0.2, -0.15) is 0 Å². The van der Waals surface area contributed by atoms with Crippen molar-refractivity contribution in [3.63, 3.8) is 0 Å². The lowest BCUT2D eigenvalue weighted by Crippen LogP contribution is -1.89. The molecule has 4 aromatic rings. The van der Waals surface area contributed by atoms with Gasteiger partial charge in [-0.05, 0) is 29.0 Å². The van der Waals surface area contributed by atoms with Gasteiger partial charge in [0, 0.05) is 18.8 Å². The summed E-state index contributed by atoms with van der Waals surface area (Å²) in [5, 5.41) is 12.2. The molecule has 1 aromatic heterocycles. The molecule has 0 aliphatic heterocycles. The van der Waals surface area contributed by atoms with Gasteiger partial charge in [-0.3, -0.25) is 0 Å². The number of imidazole rings is 1. The normalized spacial score (nSPS) is 11.7. The number of hydrogen-bond donors (Lipinski definition) is 1. The van der Waals surface area contributed by atoms with Crippen LogP contribution >= 0.6 is 0 Å². The molecule has 0 spiro atoms. The molecule has 0 amide bonds. The molecule has 0 fully saturated rings. The lowest BCUT2D eigenvalue weighted by atomic mass is 10.0. The lowest BCUT2D eigenvalue weighted by Gasteiger charge is -2.04. The second-order valence-electron chi connectivity index (χ2n) is 5.44. The summed E-state index contributed by atoms with van der Waals surface area (Å²) in [7, 11) is 1.94. The Morgan fingerprint density at radius 1 is 1.00 bits per heavy atom. The maximum atomic E-state index is 10.2. The fraction of sp³-hybridized carbons (Fsp3) is 0.0526. The van der Waals surface area contributed by atoms with Crippen molar-refractivity contribution in [1.29, 1.82) is 0 Å². The number of aliphatic imine (C=N–C) groups is 1. The van der Waals surface area contributed by atoms with Gasteiger partial charge in [0.1, 0.15) is 5.75 Å². The number of fused-ring (bicyclic) bond motifs is 2. The van der Waals surface area contributed by atoms with Gasteiger partial charge in [0.25, 0.3) is 0 Å². The molecule has 1 heterocycles. The molecule has 112 valence electrons. The topological polar surface area (TPSA) is 50.4 Å². The monoisotopic (exact) mass is 301 g/mol. The quantitative estimate of drug-likeness (QED) is 0.565. The Morgan fingerprint density at radius 3 is 2.65 bits per heavy atom. The first kappa shape index (κ1) is 13.5. The predicted molar refractivity (Wildman–Crippen MR) is 93.6 cm³/mol. The van der Waals surface area contributed by atoms with E-state index in [-0.39, 0.29) is 5.75 Å². The van der Waals surface area contributed by atoms with E-state index in [0.29, 0.717) is 11.5 Å². The Hall–Kier alpha value is -3.14. The molecule has 4 rings (SSSR count). The van der Waals surface area contributed by atoms with Crippen molar-refractivity contribution in [2.45, 2.75) is 0 Å². The summed E-state index contributed by atoms with van der Waals surface area (Å²) in [6, 6.07) is 19.4. The number of nitrogens with zero attached hydrogens (tertiary/aromatic N) is 3. The Morgan fingerprint density at radius 2 is 1.78 bits per heavy atom. The van der Waals surface area contributed by atoms with E-state index in [1.165, 1.54) is 0 Å². The lowest BCUT2D eigenvalue weighted by molar-refractivity contribution is 0.475. The van der Waals surface area contributed by atoms with Crippen molar-refractivity contribution in [1.82, 2.24) is 9.55 Å². The minimum Gasteiger partial charge on any atom is -0.507 e. The molecule has 0 radical (unpaired) electrons. The summed E-state index contributed by atoms with van der Waals surface area (Å²) in [6.45, 7) is 0. The van der Waals surface area contributed by atoms with Gasteiger partial charge in [-0.1, -0.05) is 42.5 Å². The molecule has 0 saturated heterocycles. The molecule has 4 nitrogen and oxygen atoms in total. The number of para-hydroxylation sites is 2. The van der Waals surface area contributed by atoms with E-state index in [9.17, 15) is 5.11 Å². The zero-order valence-corrected chi connectivity index (χ0v) is 12.6. The number of hydrogen-bond acceptors (Lipinski definition) is 3. The molecule has 23 heavy (non-hydrogen) atoms. The van der Waals surface area contributed by atoms with Crippen LogP contribution in [0.2, 0.25) is 0 Å². The minimum absolute atomic E-state index is 0.214. The number of rotatable bonds is 2. The summed E-state index contributed by atoms with van der Waals surface area (Å²) in [6.07, 6.45) is 1.68. The zero-order chi connectivity index (χ0) is 15.8. The molecule has 1 N–H and O–H groups in total. The van der Waals surface area contributed by atoms with Crippen LogP contribution in [0.4, 0.5) is 5.95 Å². The molecule has 0 aliphatic rings. The van der Waals surface area contributed by atoms with Gasteiger partial charge in [0.15, 0.2) is 0 Å². The first-order valence-electron chi connectivity index (χ1n) is 7.40. The van der Waals surface area contributed by atoms with Crippen LogP contribution in [-0.4, -0.2) is 20.9 Å². The van der Waals surface area contributed by atoms with Crippen LogP contribution in [0.3, 0.4) is 0 Å². The van der Waals surface area contributed by atoms with Crippen LogP contribution in [0, 0.1) is 0 Å². The Labute approximate surface area is 133 Å². The van der Waals surface area contributed by atoms with Gasteiger partial charge in [-0.25, -0.2) is 9.98 Å². The highest BCUT2D eigenvalue weighted by molar-refractivity contribution is 6.03. The minimum atomic E-state index is 0.214. The van der Waals surface area contributed by atoms with Gasteiger partial charge >= 0.3 is 0 Å². The first-order chi connectivity index (χ1) is 11.2. The maximum absolute atomic E-state index is 10.2. The summed E-state index contributed by atoms with van der Waals surface area (Å²) >= 11 is 0. The van der Waals surface area contributed by atoms with Crippen molar-refractivity contribution in [2.24, 2.45) is 12.0 Å². The van der Waals surface area contributed by atoms with Crippen molar-refractivity contribution >= 4 is 34.0 Å². The third kappa shape index (κ3) is 2.25. The largest absolute Gasteiger partial charge is 0.507 e. The summed E-state index contributed by atoms with van der Waals surface area (Å²) in [5.74, 6) is 0.824. The number of phenols is 1. The first-order valence-corrected chi connectivity index (χ1v) is 7.40. The standard InChI is InChI=1S/C19H15N3O/c1-22-17-9-5-4-8-16(17)21-19(22)20-12-15-14-7-3-2-6-13(14)10-11-18(15)23/h2-12,23H,1H3/b20-12+. The number of benzene rings is 3. The molecule has 4 heteroatoms. The number of aromatic hydroxyl groups is 1. The number of aromatic nitrogens is 2. The smallest absolute Gasteiger partial charge is 0.230 e. The van der Waals surface area contributed by atoms with Crippen LogP contribution < -0.4 is 0 Å². The molecule has 0 saturated carbocycles. The van der Waals surface area contributed by atoms with Gasteiger partial charge in [0.05, 0.1) is 11.0 Å². The second-order valence-corrected chi connectivity index (χ2v) is 5.44. The molecular weight excluding hydrogens is 286 g/mol. The molecule has 0 atom stereocenters. The zero-order valence-electron chi connectivity index (χ0n) is 12.6. The SMILES string of the molecule is Cn1c(/N=C/c2c(O)ccc3ccccc23)nc2ccccc21. The molecule has 0 unspecified atom stereocenters. The second kappa shape index (κ2) is 5.25. The highest BCUT2D eigenvalue weighted by Crippen LogP contribution is 2.26. The van der Waals surface area contributed by atoms with Gasteiger partial charge in [-0.15, -0.1) is 0 Å². The average Bonchev–Trinajstić information content (AvgIpc) is 2.90. The fourth-order valence-electron chi connectivity index (χ4n) is 2.79. The van der Waals surface area contributed by atoms with E-state index in [1.807, 2.05) is 66.2 Å². The number of phenolic OH excluding ortho intramolecular Hbond substituents is 1. The van der Waals surface area contributed by atoms with Crippen molar-refractivity contribution in [3.05, 3.63) is 66.2 Å². The maximum Gasteiger partial charge on any atom is 0.230 e. The Balaban J connectivity index is 1.85. The van der Waals surface area contributed by atoms with E-state index >= 15 is 0 Å². The van der Waals surface area contributed by atoms with Crippen LogP contribution in [0.5, 0.6) is 5.75 Å². The van der Waals surface area contributed by atoms with Crippen molar-refractivity contribution in [3.8, 4) is 5.75 Å². The van der Waals surface area contributed by atoms with E-state index in [4.69, 9.17) is 0 Å². The molecule has 3 aromatic carbocycles. The van der Waals surface area contributed by atoms with E-state index in [0.717, 1.165) is 21.8 Å². The van der Waals surface area contributed by atoms with Crippen LogP contribution in [-0.2, 0) is 7.05 Å². The summed E-state index contributed by atoms with van der Waals surface area (Å²) < 4.78 is 1.94. The molecule has 0 aliphatic carbocycles. The highest BCUT2D eigenvalue weighted by atomic mass is 16.3. The van der Waals surface area contributed by atoms with Gasteiger partial charge in [0.2, 0.25) is 5.95 Å². The third-order valence-corrected chi connectivity index (χ3v) is 4.02. The van der Waals surface area contributed by atoms with Crippen LogP contribution in [0.15, 0.2) is 65.7 Å². The van der Waals surface area contributed by atoms with E-state index in [2.05, 4.69) is 9.98 Å². The predicted octanol–water partition coefficient (Wildman–Crippen LogP) is 4.18. The van der Waals surface area contributed by atoms with Crippen LogP contribution in [0.25, 0.3) is 21.8 Å². The summed E-state index contributed by atoms with van der Waals surface area (Å²) in [4.78, 5) is 9.01. The van der Waals surface area contributed by atoms with E-state index < -0.39 is 0 Å². The number of aryl methyl sites for hydroxylation is 1. The third-order valence-electron chi connectivity index (χ3n) is 4.02.